The van der Waals surface area contributed by atoms with Gasteiger partial charge in [-0.2, -0.15) is 0 Å². The number of carboxylic acids is 1. The van der Waals surface area contributed by atoms with Crippen molar-refractivity contribution in [2.24, 2.45) is 0 Å². The van der Waals surface area contributed by atoms with Gasteiger partial charge in [0, 0.05) is 19.8 Å². The Morgan fingerprint density at radius 1 is 0.545 bits per heavy atom. The molecule has 2 amide bonds. The van der Waals surface area contributed by atoms with Gasteiger partial charge in [0.25, 0.3) is 5.79 Å². The second-order valence-corrected chi connectivity index (χ2v) is 25.4. The molecule has 14 N–H and O–H groups in total. The highest BCUT2D eigenvalue weighted by molar-refractivity contribution is 5.77. The quantitative estimate of drug-likeness (QED) is 0.0323. The third kappa shape index (κ3) is 29.4. The maximum Gasteiger partial charge on any atom is 0.364 e. The molecule has 23 heteroatoms. The highest BCUT2D eigenvalue weighted by atomic mass is 16.8. The first kappa shape index (κ1) is 80.0. The molecule has 0 aromatic rings. The van der Waals surface area contributed by atoms with Crippen LogP contribution in [0, 0.1) is 0 Å². The lowest BCUT2D eigenvalue weighted by Gasteiger charge is -2.50. The average Bonchev–Trinajstić information content (AvgIpc) is 2.16. The summed E-state index contributed by atoms with van der Waals surface area (Å²) in [5, 5.41) is 136. The molecule has 0 bridgehead atoms. The molecule has 0 aliphatic carbocycles. The smallest absolute Gasteiger partial charge is 0.364 e. The zero-order valence-corrected chi connectivity index (χ0v) is 53.8. The van der Waals surface area contributed by atoms with Crippen molar-refractivity contribution in [2.45, 2.75) is 368 Å². The van der Waals surface area contributed by atoms with Crippen LogP contribution >= 0.6 is 0 Å². The van der Waals surface area contributed by atoms with Crippen molar-refractivity contribution in [1.82, 2.24) is 10.6 Å². The van der Waals surface area contributed by atoms with Crippen molar-refractivity contribution in [1.29, 1.82) is 0 Å². The molecule has 18 unspecified atom stereocenters. The summed E-state index contributed by atoms with van der Waals surface area (Å²) < 4.78 is 34.8. The average molecular weight is 1270 g/mol. The van der Waals surface area contributed by atoms with Gasteiger partial charge in [-0.25, -0.2) is 4.79 Å². The highest BCUT2D eigenvalue weighted by Gasteiger charge is 2.60. The molecule has 23 nitrogen and oxygen atoms in total. The molecule has 0 radical (unpaired) electrons. The van der Waals surface area contributed by atoms with E-state index in [2.05, 4.69) is 24.5 Å². The highest BCUT2D eigenvalue weighted by Crippen LogP contribution is 2.39. The summed E-state index contributed by atoms with van der Waals surface area (Å²) in [6, 6.07) is -2.52. The van der Waals surface area contributed by atoms with Crippen LogP contribution < -0.4 is 10.6 Å². The monoisotopic (exact) mass is 1270 g/mol. The van der Waals surface area contributed by atoms with E-state index in [-0.39, 0.29) is 18.9 Å². The molecule has 3 aliphatic heterocycles. The number of aliphatic hydroxyl groups excluding tert-OH is 11. The number of ether oxygens (including phenoxy) is 6. The molecular formula is C65H122N2O21. The summed E-state index contributed by atoms with van der Waals surface area (Å²) in [6.45, 7) is 2.19. The van der Waals surface area contributed by atoms with Crippen LogP contribution in [0.15, 0.2) is 0 Å². The first-order valence-corrected chi connectivity index (χ1v) is 34.4. The van der Waals surface area contributed by atoms with Crippen molar-refractivity contribution < 1.29 is 104 Å². The maximum absolute atomic E-state index is 13.4. The van der Waals surface area contributed by atoms with E-state index in [1.165, 1.54) is 154 Å². The summed E-state index contributed by atoms with van der Waals surface area (Å²) in [5.41, 5.74) is 0. The topological polar surface area (TPSA) is 373 Å². The maximum atomic E-state index is 13.4. The number of aliphatic carboxylic acids is 1. The van der Waals surface area contributed by atoms with Crippen LogP contribution in [-0.2, 0) is 42.8 Å². The van der Waals surface area contributed by atoms with Crippen molar-refractivity contribution in [3.8, 4) is 0 Å². The lowest BCUT2D eigenvalue weighted by atomic mass is 9.88. The van der Waals surface area contributed by atoms with E-state index in [4.69, 9.17) is 28.4 Å². The number of nitrogens with one attached hydrogen (secondary N) is 2. The third-order valence-electron chi connectivity index (χ3n) is 17.8. The largest absolute Gasteiger partial charge is 0.477 e. The van der Waals surface area contributed by atoms with Crippen LogP contribution in [0.25, 0.3) is 0 Å². The molecule has 0 spiro atoms. The molecule has 3 aliphatic rings. The Balaban J connectivity index is 1.55. The van der Waals surface area contributed by atoms with Crippen molar-refractivity contribution in [3.63, 3.8) is 0 Å². The molecule has 3 rings (SSSR count). The number of carboxylic acid groups (broad SMARTS) is 1. The molecular weight excluding hydrogens is 1140 g/mol. The van der Waals surface area contributed by atoms with Gasteiger partial charge >= 0.3 is 5.97 Å². The Kier molecular flexibility index (Phi) is 42.5. The minimum atomic E-state index is -3.08. The summed E-state index contributed by atoms with van der Waals surface area (Å²) in [6.07, 6.45) is 12.8. The van der Waals surface area contributed by atoms with E-state index in [0.717, 1.165) is 58.3 Å². The third-order valence-corrected chi connectivity index (χ3v) is 17.8. The van der Waals surface area contributed by atoms with Crippen LogP contribution in [0.5, 0.6) is 0 Å². The standard InChI is InChI=1S/C65H122N2O21/c1-4-6-8-10-12-14-16-17-18-19-20-21-22-23-24-25-26-27-28-29-30-32-34-36-38-47(72)46(67-52(75)39-37-35-33-31-15-13-11-9-7-5-2)44-83-62-57(79)56(78)59(51(43-70)85-62)86-63-58(80)61(55(77)50(42-69)84-63)88-65(64(81)82)40-48(73)53(66-45(3)71)60(87-65)54(76)49(74)41-68/h46-51,53-63,68-70,72-74,76-80H,4-44H2,1-3H3,(H,66,71)(H,67,75)(H,81,82). The number of rotatable bonds is 52. The minimum absolute atomic E-state index is 0.227. The number of aliphatic hydroxyl groups is 11. The van der Waals surface area contributed by atoms with Gasteiger partial charge in [0.05, 0.1) is 50.7 Å². The SMILES string of the molecule is CCCCCCCCCCCCCCCCCCCCCCCCCCC(O)C(COC1OC(CO)C(OC2OC(CO)C(O)C(OC3(C(=O)O)CC(O)C(NC(C)=O)C(C(O)C(O)CO)O3)C2O)C(O)C1O)NC(=O)CCCCCCCCCCCC. The second-order valence-electron chi connectivity index (χ2n) is 25.4. The van der Waals surface area contributed by atoms with Crippen molar-refractivity contribution in [2.75, 3.05) is 26.4 Å². The zero-order valence-electron chi connectivity index (χ0n) is 53.8. The fourth-order valence-corrected chi connectivity index (χ4v) is 12.3. The Morgan fingerprint density at radius 3 is 1.42 bits per heavy atom. The molecule has 88 heavy (non-hydrogen) atoms. The lowest BCUT2D eigenvalue weighted by Crippen LogP contribution is -2.70. The number of amides is 2. The van der Waals surface area contributed by atoms with Crippen LogP contribution in [0.4, 0.5) is 0 Å². The Morgan fingerprint density at radius 2 is 0.989 bits per heavy atom. The summed E-state index contributed by atoms with van der Waals surface area (Å²) >= 11 is 0. The summed E-state index contributed by atoms with van der Waals surface area (Å²) in [7, 11) is 0. The van der Waals surface area contributed by atoms with E-state index in [1.807, 2.05) is 0 Å². The molecule has 3 heterocycles. The van der Waals surface area contributed by atoms with E-state index >= 15 is 0 Å². The lowest BCUT2D eigenvalue weighted by molar-refractivity contribution is -0.386. The molecule has 518 valence electrons. The predicted molar refractivity (Wildman–Crippen MR) is 329 cm³/mol. The second kappa shape index (κ2) is 46.7. The van der Waals surface area contributed by atoms with Gasteiger partial charge < -0.3 is 100 Å². The van der Waals surface area contributed by atoms with Crippen molar-refractivity contribution in [3.05, 3.63) is 0 Å². The normalized spacial score (nSPS) is 28.9. The zero-order chi connectivity index (χ0) is 64.7. The minimum Gasteiger partial charge on any atom is -0.477 e. The van der Waals surface area contributed by atoms with E-state index < -0.39 is 148 Å². The van der Waals surface area contributed by atoms with E-state index in [9.17, 15) is 75.7 Å². The fraction of sp³-hybridized carbons (Fsp3) is 0.954. The number of carbonyl (C=O) groups excluding carboxylic acids is 2. The fourth-order valence-electron chi connectivity index (χ4n) is 12.3. The molecule has 18 atom stereocenters. The number of carbonyl (C=O) groups is 3. The van der Waals surface area contributed by atoms with Gasteiger partial charge in [-0.05, 0) is 12.8 Å². The van der Waals surface area contributed by atoms with Gasteiger partial charge in [0.2, 0.25) is 11.8 Å². The van der Waals surface area contributed by atoms with Gasteiger partial charge in [-0.15, -0.1) is 0 Å². The van der Waals surface area contributed by atoms with Crippen molar-refractivity contribution >= 4 is 17.8 Å². The Bertz CT molecular complexity index is 1790. The van der Waals surface area contributed by atoms with E-state index in [1.54, 1.807) is 0 Å². The summed E-state index contributed by atoms with van der Waals surface area (Å²) in [5.74, 6) is -6.10. The van der Waals surface area contributed by atoms with Gasteiger partial charge in [-0.3, -0.25) is 9.59 Å². The molecule has 0 aromatic heterocycles. The van der Waals surface area contributed by atoms with Gasteiger partial charge in [0.15, 0.2) is 12.6 Å². The van der Waals surface area contributed by atoms with Crippen LogP contribution in [0.2, 0.25) is 0 Å². The Labute approximate surface area is 525 Å². The predicted octanol–water partition coefficient (Wildman–Crippen LogP) is 5.73. The van der Waals surface area contributed by atoms with Crippen LogP contribution in [-0.4, -0.2) is 215 Å². The van der Waals surface area contributed by atoms with Gasteiger partial charge in [-0.1, -0.05) is 226 Å². The first-order valence-electron chi connectivity index (χ1n) is 34.4. The number of hydrogen-bond acceptors (Lipinski definition) is 20. The van der Waals surface area contributed by atoms with E-state index in [0.29, 0.717) is 19.3 Å². The number of unbranched alkanes of at least 4 members (excludes halogenated alkanes) is 32. The molecule has 0 saturated carbocycles. The Hall–Kier alpha value is -2.27. The van der Waals surface area contributed by atoms with Gasteiger partial charge in [0.1, 0.15) is 67.1 Å². The first-order chi connectivity index (χ1) is 42.4. The molecule has 0 aromatic carbocycles. The molecule has 3 saturated heterocycles. The summed E-state index contributed by atoms with van der Waals surface area (Å²) in [4.78, 5) is 38.4. The molecule has 3 fully saturated rings. The van der Waals surface area contributed by atoms with Crippen LogP contribution in [0.3, 0.4) is 0 Å². The number of hydrogen-bond donors (Lipinski definition) is 14. The van der Waals surface area contributed by atoms with Crippen LogP contribution in [0.1, 0.15) is 258 Å².